The van der Waals surface area contributed by atoms with E-state index in [1.165, 1.54) is 0 Å². The van der Waals surface area contributed by atoms with Crippen LogP contribution >= 0.6 is 0 Å². The van der Waals surface area contributed by atoms with E-state index in [0.29, 0.717) is 17.9 Å². The number of carbonyl (C=O) groups excluding carboxylic acids is 1. The molecule has 0 spiro atoms. The molecule has 104 valence electrons. The van der Waals surface area contributed by atoms with Crippen molar-refractivity contribution in [1.82, 2.24) is 5.32 Å². The van der Waals surface area contributed by atoms with E-state index in [0.717, 1.165) is 0 Å². The quantitative estimate of drug-likeness (QED) is 0.824. The largest absolute Gasteiger partial charge is 0.494 e. The molecule has 19 heavy (non-hydrogen) atoms. The minimum Gasteiger partial charge on any atom is -0.494 e. The lowest BCUT2D eigenvalue weighted by Gasteiger charge is -2.18. The molecule has 1 unspecified atom stereocenters. The second-order valence-corrected chi connectivity index (χ2v) is 4.49. The van der Waals surface area contributed by atoms with Crippen LogP contribution in [-0.4, -0.2) is 29.6 Å². The van der Waals surface area contributed by atoms with Crippen molar-refractivity contribution in [3.63, 3.8) is 0 Å². The summed E-state index contributed by atoms with van der Waals surface area (Å²) in [6, 6.07) is 5.76. The molecule has 0 aliphatic rings. The summed E-state index contributed by atoms with van der Waals surface area (Å²) in [4.78, 5) is 23.0. The number of aliphatic carboxylic acids is 1. The zero-order valence-electron chi connectivity index (χ0n) is 11.3. The van der Waals surface area contributed by atoms with Crippen molar-refractivity contribution < 1.29 is 19.4 Å². The third-order valence-corrected chi connectivity index (χ3v) is 2.63. The van der Waals surface area contributed by atoms with E-state index in [9.17, 15) is 9.59 Å². The third-order valence-electron chi connectivity index (χ3n) is 2.63. The summed E-state index contributed by atoms with van der Waals surface area (Å²) in [5.74, 6) is -1.05. The molecule has 0 bridgehead atoms. The first-order chi connectivity index (χ1) is 8.95. The number of hydrogen-bond acceptors (Lipinski definition) is 3. The molecular formula is C14H19NO4. The topological polar surface area (TPSA) is 75.6 Å². The Labute approximate surface area is 112 Å². The van der Waals surface area contributed by atoms with Crippen LogP contribution in [0.4, 0.5) is 0 Å². The molecule has 2 N–H and O–H groups in total. The normalized spacial score (nSPS) is 12.0. The summed E-state index contributed by atoms with van der Waals surface area (Å²) >= 11 is 0. The van der Waals surface area contributed by atoms with Crippen LogP contribution in [0.3, 0.4) is 0 Å². The Balaban J connectivity index is 2.82. The Hall–Kier alpha value is -2.04. The summed E-state index contributed by atoms with van der Waals surface area (Å²) in [5, 5.41) is 11.5. The zero-order valence-corrected chi connectivity index (χ0v) is 11.3. The third kappa shape index (κ3) is 4.28. The van der Waals surface area contributed by atoms with Crippen LogP contribution in [0.5, 0.6) is 5.75 Å². The van der Waals surface area contributed by atoms with Crippen LogP contribution in [-0.2, 0) is 4.79 Å². The van der Waals surface area contributed by atoms with Gasteiger partial charge in [0.05, 0.1) is 6.61 Å². The zero-order chi connectivity index (χ0) is 14.4. The molecule has 1 rings (SSSR count). The number of carbonyl (C=O) groups is 2. The van der Waals surface area contributed by atoms with Crippen LogP contribution < -0.4 is 10.1 Å². The van der Waals surface area contributed by atoms with Crippen molar-refractivity contribution in [3.05, 3.63) is 29.8 Å². The van der Waals surface area contributed by atoms with Crippen LogP contribution in [0.2, 0.25) is 0 Å². The molecule has 1 amide bonds. The molecule has 1 aromatic carbocycles. The van der Waals surface area contributed by atoms with Crippen molar-refractivity contribution in [2.45, 2.75) is 26.8 Å². The predicted molar refractivity (Wildman–Crippen MR) is 71.3 cm³/mol. The molecule has 5 nitrogen and oxygen atoms in total. The molecule has 0 aliphatic carbocycles. The van der Waals surface area contributed by atoms with Gasteiger partial charge in [-0.2, -0.15) is 0 Å². The molecule has 0 aliphatic heterocycles. The molecule has 0 radical (unpaired) electrons. The maximum Gasteiger partial charge on any atom is 0.326 e. The van der Waals surface area contributed by atoms with E-state index in [-0.39, 0.29) is 5.92 Å². The average Bonchev–Trinajstić information content (AvgIpc) is 2.35. The highest BCUT2D eigenvalue weighted by Crippen LogP contribution is 2.14. The van der Waals surface area contributed by atoms with Gasteiger partial charge in [-0.15, -0.1) is 0 Å². The maximum atomic E-state index is 12.0. The molecule has 1 aromatic rings. The van der Waals surface area contributed by atoms with Crippen LogP contribution in [0.25, 0.3) is 0 Å². The minimum absolute atomic E-state index is 0.184. The van der Waals surface area contributed by atoms with Gasteiger partial charge in [0.1, 0.15) is 11.8 Å². The fourth-order valence-electron chi connectivity index (χ4n) is 1.63. The first-order valence-electron chi connectivity index (χ1n) is 6.22. The number of hydrogen-bond donors (Lipinski definition) is 2. The highest BCUT2D eigenvalue weighted by molar-refractivity contribution is 5.96. The predicted octanol–water partition coefficient (Wildman–Crippen LogP) is 1.92. The Kier molecular flexibility index (Phi) is 5.36. The second kappa shape index (κ2) is 6.78. The molecular weight excluding hydrogens is 246 g/mol. The van der Waals surface area contributed by atoms with Gasteiger partial charge in [-0.05, 0) is 31.0 Å². The molecule has 1 atom stereocenters. The van der Waals surface area contributed by atoms with Gasteiger partial charge in [0.2, 0.25) is 0 Å². The van der Waals surface area contributed by atoms with E-state index in [1.807, 2.05) is 6.92 Å². The van der Waals surface area contributed by atoms with E-state index < -0.39 is 17.9 Å². The summed E-state index contributed by atoms with van der Waals surface area (Å²) < 4.78 is 5.30. The second-order valence-electron chi connectivity index (χ2n) is 4.49. The molecule has 0 heterocycles. The molecule has 0 saturated carbocycles. The van der Waals surface area contributed by atoms with Gasteiger partial charge in [-0.1, -0.05) is 19.9 Å². The van der Waals surface area contributed by atoms with Gasteiger partial charge >= 0.3 is 5.97 Å². The van der Waals surface area contributed by atoms with Crippen molar-refractivity contribution in [2.24, 2.45) is 5.92 Å². The number of ether oxygens (including phenoxy) is 1. The lowest BCUT2D eigenvalue weighted by Crippen LogP contribution is -2.44. The number of nitrogens with one attached hydrogen (secondary N) is 1. The SMILES string of the molecule is CCOc1cccc(C(=O)NC(C(=O)O)C(C)C)c1. The van der Waals surface area contributed by atoms with Gasteiger partial charge in [0.15, 0.2) is 0 Å². The fraction of sp³-hybridized carbons (Fsp3) is 0.429. The summed E-state index contributed by atoms with van der Waals surface area (Å²) in [6.45, 7) is 5.85. The van der Waals surface area contributed by atoms with Crippen molar-refractivity contribution in [1.29, 1.82) is 0 Å². The Morgan fingerprint density at radius 3 is 2.58 bits per heavy atom. The van der Waals surface area contributed by atoms with Crippen molar-refractivity contribution >= 4 is 11.9 Å². The van der Waals surface area contributed by atoms with Gasteiger partial charge in [0.25, 0.3) is 5.91 Å². The number of carboxylic acid groups (broad SMARTS) is 1. The van der Waals surface area contributed by atoms with Crippen LogP contribution in [0, 0.1) is 5.92 Å². The first kappa shape index (κ1) is 15.0. The van der Waals surface area contributed by atoms with Gasteiger partial charge < -0.3 is 15.2 Å². The summed E-state index contributed by atoms with van der Waals surface area (Å²) in [5.41, 5.74) is 0.387. The highest BCUT2D eigenvalue weighted by atomic mass is 16.5. The average molecular weight is 265 g/mol. The van der Waals surface area contributed by atoms with Gasteiger partial charge in [-0.25, -0.2) is 4.79 Å². The monoisotopic (exact) mass is 265 g/mol. The number of amides is 1. The smallest absolute Gasteiger partial charge is 0.326 e. The Morgan fingerprint density at radius 1 is 1.37 bits per heavy atom. The van der Waals surface area contributed by atoms with Crippen LogP contribution in [0.1, 0.15) is 31.1 Å². The highest BCUT2D eigenvalue weighted by Gasteiger charge is 2.23. The molecule has 0 fully saturated rings. The van der Waals surface area contributed by atoms with Crippen molar-refractivity contribution in [2.75, 3.05) is 6.61 Å². The molecule has 0 aromatic heterocycles. The van der Waals surface area contributed by atoms with Gasteiger partial charge in [-0.3, -0.25) is 4.79 Å². The van der Waals surface area contributed by atoms with E-state index in [4.69, 9.17) is 9.84 Å². The first-order valence-corrected chi connectivity index (χ1v) is 6.22. The maximum absolute atomic E-state index is 12.0. The van der Waals surface area contributed by atoms with E-state index in [1.54, 1.807) is 38.1 Å². The molecule has 0 saturated heterocycles. The molecule has 5 heteroatoms. The lowest BCUT2D eigenvalue weighted by molar-refractivity contribution is -0.140. The summed E-state index contributed by atoms with van der Waals surface area (Å²) in [7, 11) is 0. The minimum atomic E-state index is -1.04. The Bertz CT molecular complexity index is 457. The number of carboxylic acids is 1. The Morgan fingerprint density at radius 2 is 2.05 bits per heavy atom. The van der Waals surface area contributed by atoms with Gasteiger partial charge in [0, 0.05) is 5.56 Å². The van der Waals surface area contributed by atoms with E-state index in [2.05, 4.69) is 5.32 Å². The number of benzene rings is 1. The standard InChI is InChI=1S/C14H19NO4/c1-4-19-11-7-5-6-10(8-11)13(16)15-12(9(2)3)14(17)18/h5-9,12H,4H2,1-3H3,(H,15,16)(H,17,18). The lowest BCUT2D eigenvalue weighted by atomic mass is 10.0. The summed E-state index contributed by atoms with van der Waals surface area (Å²) in [6.07, 6.45) is 0. The van der Waals surface area contributed by atoms with Crippen molar-refractivity contribution in [3.8, 4) is 5.75 Å². The van der Waals surface area contributed by atoms with Crippen LogP contribution in [0.15, 0.2) is 24.3 Å². The fourth-order valence-corrected chi connectivity index (χ4v) is 1.63. The van der Waals surface area contributed by atoms with E-state index >= 15 is 0 Å². The number of rotatable bonds is 6.